The molecule has 1 aliphatic carbocycles. The van der Waals surface area contributed by atoms with E-state index >= 15 is 0 Å². The Morgan fingerprint density at radius 3 is 2.45 bits per heavy atom. The molecule has 3 rings (SSSR count). The van der Waals surface area contributed by atoms with Gasteiger partial charge in [-0.1, -0.05) is 23.2 Å². The number of likely N-dealkylation sites (tertiary alicyclic amines) is 1. The van der Waals surface area contributed by atoms with E-state index in [0.29, 0.717) is 27.8 Å². The maximum absolute atomic E-state index is 6.30. The molecule has 1 aromatic rings. The molecule has 0 radical (unpaired) electrons. The summed E-state index contributed by atoms with van der Waals surface area (Å²) in [4.78, 5) is 2.33. The molecule has 1 aromatic carbocycles. The lowest BCUT2D eigenvalue weighted by Crippen LogP contribution is -2.26. The Kier molecular flexibility index (Phi) is 4.41. The summed E-state index contributed by atoms with van der Waals surface area (Å²) in [6.07, 6.45) is 3.56. The molecule has 1 aliphatic heterocycles. The summed E-state index contributed by atoms with van der Waals surface area (Å²) >= 11 is 12.6. The zero-order valence-electron chi connectivity index (χ0n) is 11.4. The molecular weight excluding hydrogens is 295 g/mol. The smallest absolute Gasteiger partial charge is 0.156 e. The first-order valence-corrected chi connectivity index (χ1v) is 7.96. The number of rotatable bonds is 5. The van der Waals surface area contributed by atoms with E-state index in [1.165, 1.54) is 12.8 Å². The monoisotopic (exact) mass is 314 g/mol. The van der Waals surface area contributed by atoms with Crippen molar-refractivity contribution in [2.75, 3.05) is 19.7 Å². The number of nitrogens with two attached hydrogens (primary N) is 1. The number of hydrogen-bond donors (Lipinski definition) is 1. The minimum absolute atomic E-state index is 0.294. The fraction of sp³-hybridized carbons (Fsp3) is 0.600. The molecule has 2 aliphatic rings. The Morgan fingerprint density at radius 2 is 1.90 bits per heavy atom. The van der Waals surface area contributed by atoms with Gasteiger partial charge in [0.15, 0.2) is 5.75 Å². The van der Waals surface area contributed by atoms with Crippen LogP contribution in [0.1, 0.15) is 24.8 Å². The van der Waals surface area contributed by atoms with Gasteiger partial charge in [0.25, 0.3) is 0 Å². The Morgan fingerprint density at radius 1 is 1.20 bits per heavy atom. The van der Waals surface area contributed by atoms with Crippen LogP contribution in [-0.2, 0) is 6.54 Å². The quantitative estimate of drug-likeness (QED) is 0.906. The van der Waals surface area contributed by atoms with Gasteiger partial charge in [-0.3, -0.25) is 4.90 Å². The summed E-state index contributed by atoms with van der Waals surface area (Å²) in [5.74, 6) is 1.31. The van der Waals surface area contributed by atoms with E-state index in [4.69, 9.17) is 33.7 Å². The van der Waals surface area contributed by atoms with E-state index in [-0.39, 0.29) is 0 Å². The van der Waals surface area contributed by atoms with Gasteiger partial charge in [-0.15, -0.1) is 0 Å². The van der Waals surface area contributed by atoms with Gasteiger partial charge in [0.2, 0.25) is 0 Å². The molecule has 2 N–H and O–H groups in total. The molecule has 1 heterocycles. The third-order valence-electron chi connectivity index (χ3n) is 3.93. The molecule has 0 spiro atoms. The van der Waals surface area contributed by atoms with Gasteiger partial charge in [-0.2, -0.15) is 0 Å². The van der Waals surface area contributed by atoms with E-state index in [0.717, 1.165) is 38.2 Å². The second-order valence-corrected chi connectivity index (χ2v) is 6.74. The topological polar surface area (TPSA) is 38.5 Å². The standard InChI is InChI=1S/C15H20Cl2N2O/c16-13-5-11(7-19-4-3-12(18)8-19)6-14(17)15(13)20-9-10-1-2-10/h5-6,10,12H,1-4,7-9,18H2/t12-/m0/s1. The fourth-order valence-electron chi connectivity index (χ4n) is 2.59. The molecule has 110 valence electrons. The Bertz CT molecular complexity index is 468. The van der Waals surface area contributed by atoms with Crippen LogP contribution in [-0.4, -0.2) is 30.6 Å². The molecule has 0 unspecified atom stereocenters. The van der Waals surface area contributed by atoms with Crippen LogP contribution in [0, 0.1) is 5.92 Å². The van der Waals surface area contributed by atoms with Crippen LogP contribution in [0.5, 0.6) is 5.75 Å². The summed E-state index contributed by atoms with van der Waals surface area (Å²) in [6, 6.07) is 4.21. The third kappa shape index (κ3) is 3.59. The average molecular weight is 315 g/mol. The van der Waals surface area contributed by atoms with Gasteiger partial charge < -0.3 is 10.5 Å². The van der Waals surface area contributed by atoms with Crippen LogP contribution in [0.2, 0.25) is 10.0 Å². The van der Waals surface area contributed by atoms with Gasteiger partial charge in [-0.05, 0) is 42.9 Å². The second kappa shape index (κ2) is 6.10. The van der Waals surface area contributed by atoms with Gasteiger partial charge in [0.05, 0.1) is 16.7 Å². The molecule has 0 amide bonds. The maximum atomic E-state index is 6.30. The highest BCUT2D eigenvalue weighted by molar-refractivity contribution is 6.37. The van der Waals surface area contributed by atoms with Crippen molar-refractivity contribution in [2.45, 2.75) is 31.8 Å². The highest BCUT2D eigenvalue weighted by Gasteiger charge is 2.23. The van der Waals surface area contributed by atoms with Crippen molar-refractivity contribution in [2.24, 2.45) is 11.7 Å². The first kappa shape index (κ1) is 14.5. The lowest BCUT2D eigenvalue weighted by atomic mass is 10.2. The first-order chi connectivity index (χ1) is 9.61. The molecule has 0 bridgehead atoms. The van der Waals surface area contributed by atoms with Crippen molar-refractivity contribution in [3.63, 3.8) is 0 Å². The van der Waals surface area contributed by atoms with E-state index in [1.807, 2.05) is 12.1 Å². The molecule has 5 heteroatoms. The Hall–Kier alpha value is -0.480. The fourth-order valence-corrected chi connectivity index (χ4v) is 3.23. The molecule has 1 atom stereocenters. The number of ether oxygens (including phenoxy) is 1. The summed E-state index contributed by atoms with van der Waals surface area (Å²) in [6.45, 7) is 3.54. The zero-order valence-corrected chi connectivity index (χ0v) is 13.0. The van der Waals surface area contributed by atoms with E-state index in [1.54, 1.807) is 0 Å². The summed E-state index contributed by atoms with van der Waals surface area (Å²) in [5, 5.41) is 1.22. The first-order valence-electron chi connectivity index (χ1n) is 7.20. The predicted molar refractivity (Wildman–Crippen MR) is 82.6 cm³/mol. The summed E-state index contributed by atoms with van der Waals surface area (Å²) < 4.78 is 5.74. The van der Waals surface area contributed by atoms with Gasteiger partial charge in [0.1, 0.15) is 0 Å². The van der Waals surface area contributed by atoms with Crippen molar-refractivity contribution < 1.29 is 4.74 Å². The largest absolute Gasteiger partial charge is 0.490 e. The average Bonchev–Trinajstić information content (AvgIpc) is 3.11. The van der Waals surface area contributed by atoms with Gasteiger partial charge in [-0.25, -0.2) is 0 Å². The number of halogens is 2. The predicted octanol–water partition coefficient (Wildman–Crippen LogP) is 3.32. The molecular formula is C15H20Cl2N2O. The Balaban J connectivity index is 1.66. The maximum Gasteiger partial charge on any atom is 0.156 e. The normalized spacial score (nSPS) is 23.2. The van der Waals surface area contributed by atoms with Crippen LogP contribution < -0.4 is 10.5 Å². The van der Waals surface area contributed by atoms with Crippen LogP contribution in [0.25, 0.3) is 0 Å². The van der Waals surface area contributed by atoms with Crippen molar-refractivity contribution in [3.05, 3.63) is 27.7 Å². The molecule has 1 saturated carbocycles. The second-order valence-electron chi connectivity index (χ2n) is 5.93. The van der Waals surface area contributed by atoms with E-state index < -0.39 is 0 Å². The lowest BCUT2D eigenvalue weighted by Gasteiger charge is -2.17. The van der Waals surface area contributed by atoms with Crippen molar-refractivity contribution in [1.82, 2.24) is 4.90 Å². The van der Waals surface area contributed by atoms with E-state index in [2.05, 4.69) is 4.90 Å². The van der Waals surface area contributed by atoms with E-state index in [9.17, 15) is 0 Å². The molecule has 1 saturated heterocycles. The van der Waals surface area contributed by atoms with Crippen molar-refractivity contribution in [3.8, 4) is 5.75 Å². The van der Waals surface area contributed by atoms with Crippen LogP contribution >= 0.6 is 23.2 Å². The highest BCUT2D eigenvalue weighted by Crippen LogP contribution is 2.37. The molecule has 0 aromatic heterocycles. The van der Waals surface area contributed by atoms with Gasteiger partial charge in [0, 0.05) is 25.7 Å². The lowest BCUT2D eigenvalue weighted by molar-refractivity contribution is 0.299. The van der Waals surface area contributed by atoms with Crippen LogP contribution in [0.3, 0.4) is 0 Å². The van der Waals surface area contributed by atoms with Crippen molar-refractivity contribution in [1.29, 1.82) is 0 Å². The third-order valence-corrected chi connectivity index (χ3v) is 4.49. The van der Waals surface area contributed by atoms with Crippen molar-refractivity contribution >= 4 is 23.2 Å². The summed E-state index contributed by atoms with van der Waals surface area (Å²) in [7, 11) is 0. The van der Waals surface area contributed by atoms with Gasteiger partial charge >= 0.3 is 0 Å². The zero-order chi connectivity index (χ0) is 14.1. The number of hydrogen-bond acceptors (Lipinski definition) is 3. The molecule has 3 nitrogen and oxygen atoms in total. The highest BCUT2D eigenvalue weighted by atomic mass is 35.5. The molecule has 2 fully saturated rings. The molecule has 20 heavy (non-hydrogen) atoms. The minimum Gasteiger partial charge on any atom is -0.490 e. The SMILES string of the molecule is N[C@H]1CCN(Cc2cc(Cl)c(OCC3CC3)c(Cl)c2)C1. The number of benzene rings is 1. The van der Waals surface area contributed by atoms with Crippen LogP contribution in [0.15, 0.2) is 12.1 Å². The van der Waals surface area contributed by atoms with Crippen LogP contribution in [0.4, 0.5) is 0 Å². The number of nitrogens with zero attached hydrogens (tertiary/aromatic N) is 1. The Labute approximate surface area is 130 Å². The minimum atomic E-state index is 0.294. The summed E-state index contributed by atoms with van der Waals surface area (Å²) in [5.41, 5.74) is 7.04.